The first-order chi connectivity index (χ1) is 13.9. The van der Waals surface area contributed by atoms with Gasteiger partial charge in [0.2, 0.25) is 5.95 Å². The number of imidazole rings is 1. The molecule has 2 aromatic heterocycles. The first kappa shape index (κ1) is 19.4. The lowest BCUT2D eigenvalue weighted by Gasteiger charge is -2.26. The molecule has 0 aliphatic carbocycles. The van der Waals surface area contributed by atoms with Gasteiger partial charge in [-0.3, -0.25) is 18.5 Å². The lowest BCUT2D eigenvalue weighted by Crippen LogP contribution is -2.38. The minimum atomic E-state index is -0.419. The molecule has 1 aromatic carbocycles. The molecule has 0 fully saturated rings. The smallest absolute Gasteiger partial charge is 0.332 e. The van der Waals surface area contributed by atoms with Gasteiger partial charge in [0.15, 0.2) is 11.2 Å². The zero-order chi connectivity index (χ0) is 20.7. The Labute approximate surface area is 171 Å². The third-order valence-electron chi connectivity index (χ3n) is 4.94. The SMILES string of the molecule is CCOCCN1N=C(c2ccc(Cl)cc2)Cn2c1nc1c2c(=O)n(C)c(=O)n1C. The Balaban J connectivity index is 1.90. The average molecular weight is 417 g/mol. The largest absolute Gasteiger partial charge is 0.380 e. The van der Waals surface area contributed by atoms with Crippen LogP contribution in [0.5, 0.6) is 0 Å². The van der Waals surface area contributed by atoms with Crippen LogP contribution in [0.4, 0.5) is 5.95 Å². The molecule has 29 heavy (non-hydrogen) atoms. The zero-order valence-corrected chi connectivity index (χ0v) is 17.2. The Hall–Kier alpha value is -2.91. The summed E-state index contributed by atoms with van der Waals surface area (Å²) in [5.41, 5.74) is 1.56. The van der Waals surface area contributed by atoms with Gasteiger partial charge in [0.05, 0.1) is 25.4 Å². The third kappa shape index (κ3) is 3.26. The van der Waals surface area contributed by atoms with E-state index in [-0.39, 0.29) is 5.56 Å². The number of aromatic nitrogens is 4. The van der Waals surface area contributed by atoms with Gasteiger partial charge < -0.3 is 4.74 Å². The van der Waals surface area contributed by atoms with E-state index >= 15 is 0 Å². The van der Waals surface area contributed by atoms with Crippen LogP contribution in [0.3, 0.4) is 0 Å². The Morgan fingerprint density at radius 3 is 2.55 bits per heavy atom. The summed E-state index contributed by atoms with van der Waals surface area (Å²) in [4.78, 5) is 29.8. The van der Waals surface area contributed by atoms with Crippen LogP contribution in [0.15, 0.2) is 39.0 Å². The molecule has 0 radical (unpaired) electrons. The van der Waals surface area contributed by atoms with E-state index in [9.17, 15) is 9.59 Å². The van der Waals surface area contributed by atoms with Gasteiger partial charge in [0.25, 0.3) is 5.56 Å². The van der Waals surface area contributed by atoms with Crippen LogP contribution in [-0.2, 0) is 25.4 Å². The first-order valence-corrected chi connectivity index (χ1v) is 9.65. The molecule has 10 heteroatoms. The number of halogens is 1. The highest BCUT2D eigenvalue weighted by molar-refractivity contribution is 6.30. The Morgan fingerprint density at radius 2 is 1.86 bits per heavy atom. The molecule has 3 aromatic rings. The van der Waals surface area contributed by atoms with Gasteiger partial charge in [-0.2, -0.15) is 10.1 Å². The van der Waals surface area contributed by atoms with E-state index in [1.54, 1.807) is 28.8 Å². The van der Waals surface area contributed by atoms with E-state index < -0.39 is 5.69 Å². The molecule has 1 aliphatic heterocycles. The highest BCUT2D eigenvalue weighted by Gasteiger charge is 2.27. The molecule has 0 bridgehead atoms. The fourth-order valence-corrected chi connectivity index (χ4v) is 3.52. The lowest BCUT2D eigenvalue weighted by molar-refractivity contribution is 0.153. The van der Waals surface area contributed by atoms with Crippen molar-refractivity contribution in [1.82, 2.24) is 18.7 Å². The number of anilines is 1. The maximum absolute atomic E-state index is 12.9. The van der Waals surface area contributed by atoms with Crippen LogP contribution in [0.25, 0.3) is 11.2 Å². The molecular formula is C19H21ClN6O3. The molecule has 0 atom stereocenters. The number of hydrazone groups is 1. The molecular weight excluding hydrogens is 396 g/mol. The van der Waals surface area contributed by atoms with E-state index in [1.807, 2.05) is 19.1 Å². The van der Waals surface area contributed by atoms with Crippen molar-refractivity contribution >= 4 is 34.4 Å². The van der Waals surface area contributed by atoms with Gasteiger partial charge in [-0.15, -0.1) is 0 Å². The Kier molecular flexibility index (Phi) is 5.01. The second-order valence-corrected chi connectivity index (χ2v) is 7.19. The normalized spacial score (nSPS) is 13.7. The summed E-state index contributed by atoms with van der Waals surface area (Å²) in [6.45, 7) is 3.78. The van der Waals surface area contributed by atoms with Crippen molar-refractivity contribution in [3.8, 4) is 0 Å². The van der Waals surface area contributed by atoms with E-state index in [2.05, 4.69) is 4.98 Å². The van der Waals surface area contributed by atoms with Crippen molar-refractivity contribution < 1.29 is 4.74 Å². The van der Waals surface area contributed by atoms with Crippen LogP contribution in [0.2, 0.25) is 5.02 Å². The zero-order valence-electron chi connectivity index (χ0n) is 16.4. The second kappa shape index (κ2) is 7.49. The summed E-state index contributed by atoms with van der Waals surface area (Å²) in [6, 6.07) is 7.38. The molecule has 0 N–H and O–H groups in total. The molecule has 3 heterocycles. The second-order valence-electron chi connectivity index (χ2n) is 6.75. The lowest BCUT2D eigenvalue weighted by atomic mass is 10.1. The predicted octanol–water partition coefficient (Wildman–Crippen LogP) is 1.35. The van der Waals surface area contributed by atoms with Crippen molar-refractivity contribution in [1.29, 1.82) is 0 Å². The van der Waals surface area contributed by atoms with Crippen LogP contribution in [0.1, 0.15) is 12.5 Å². The number of ether oxygens (including phenoxy) is 1. The summed E-state index contributed by atoms with van der Waals surface area (Å²) < 4.78 is 9.76. The molecule has 4 rings (SSSR count). The number of nitrogens with zero attached hydrogens (tertiary/aromatic N) is 6. The van der Waals surface area contributed by atoms with Gasteiger partial charge in [0, 0.05) is 25.7 Å². The molecule has 0 spiro atoms. The first-order valence-electron chi connectivity index (χ1n) is 9.27. The standard InChI is InChI=1S/C19H21ClN6O3/c1-4-29-10-9-26-18-21-16-15(17(27)24(3)19(28)23(16)2)25(18)11-14(22-26)12-5-7-13(20)8-6-12/h5-8H,4,9-11H2,1-3H3. The number of fused-ring (bicyclic) bond motifs is 3. The molecule has 0 saturated carbocycles. The molecule has 0 amide bonds. The summed E-state index contributed by atoms with van der Waals surface area (Å²) in [5.74, 6) is 0.510. The van der Waals surface area contributed by atoms with E-state index in [4.69, 9.17) is 21.4 Å². The highest BCUT2D eigenvalue weighted by Crippen LogP contribution is 2.25. The fourth-order valence-electron chi connectivity index (χ4n) is 3.39. The number of benzene rings is 1. The summed E-state index contributed by atoms with van der Waals surface area (Å²) in [7, 11) is 3.07. The van der Waals surface area contributed by atoms with Crippen LogP contribution < -0.4 is 16.3 Å². The van der Waals surface area contributed by atoms with Gasteiger partial charge in [-0.05, 0) is 24.6 Å². The van der Waals surface area contributed by atoms with Crippen molar-refractivity contribution in [3.05, 3.63) is 55.7 Å². The van der Waals surface area contributed by atoms with Crippen LogP contribution in [0, 0.1) is 0 Å². The number of hydrogen-bond donors (Lipinski definition) is 0. The van der Waals surface area contributed by atoms with E-state index in [0.29, 0.717) is 48.4 Å². The topological polar surface area (TPSA) is 86.7 Å². The third-order valence-corrected chi connectivity index (χ3v) is 5.19. The predicted molar refractivity (Wildman–Crippen MR) is 112 cm³/mol. The fraction of sp³-hybridized carbons (Fsp3) is 0.368. The quantitative estimate of drug-likeness (QED) is 0.586. The van der Waals surface area contributed by atoms with Gasteiger partial charge in [-0.1, -0.05) is 23.7 Å². The summed E-state index contributed by atoms with van der Waals surface area (Å²) in [5, 5.41) is 7.09. The van der Waals surface area contributed by atoms with Gasteiger partial charge in [-0.25, -0.2) is 9.80 Å². The Morgan fingerprint density at radius 1 is 1.14 bits per heavy atom. The van der Waals surface area contributed by atoms with Crippen molar-refractivity contribution in [3.63, 3.8) is 0 Å². The Bertz CT molecular complexity index is 1220. The molecule has 1 aliphatic rings. The van der Waals surface area contributed by atoms with Gasteiger partial charge in [0.1, 0.15) is 0 Å². The van der Waals surface area contributed by atoms with Crippen molar-refractivity contribution in [2.45, 2.75) is 13.5 Å². The van der Waals surface area contributed by atoms with E-state index in [0.717, 1.165) is 15.8 Å². The molecule has 152 valence electrons. The summed E-state index contributed by atoms with van der Waals surface area (Å²) in [6.07, 6.45) is 0. The maximum atomic E-state index is 12.9. The van der Waals surface area contributed by atoms with E-state index in [1.165, 1.54) is 11.6 Å². The summed E-state index contributed by atoms with van der Waals surface area (Å²) >= 11 is 6.02. The number of aryl methyl sites for hydroxylation is 1. The average Bonchev–Trinajstić information content (AvgIpc) is 3.11. The number of hydrogen-bond acceptors (Lipinski definition) is 6. The minimum Gasteiger partial charge on any atom is -0.380 e. The number of rotatable bonds is 5. The monoisotopic (exact) mass is 416 g/mol. The molecule has 0 saturated heterocycles. The van der Waals surface area contributed by atoms with Crippen molar-refractivity contribution in [2.24, 2.45) is 19.2 Å². The van der Waals surface area contributed by atoms with Gasteiger partial charge >= 0.3 is 5.69 Å². The highest BCUT2D eigenvalue weighted by atomic mass is 35.5. The maximum Gasteiger partial charge on any atom is 0.332 e. The van der Waals surface area contributed by atoms with Crippen LogP contribution in [-0.4, -0.2) is 44.2 Å². The molecule has 9 nitrogen and oxygen atoms in total. The van der Waals surface area contributed by atoms with Crippen LogP contribution >= 0.6 is 11.6 Å². The minimum absolute atomic E-state index is 0.335. The molecule has 0 unspecified atom stereocenters. The van der Waals surface area contributed by atoms with Crippen molar-refractivity contribution in [2.75, 3.05) is 24.8 Å².